The Morgan fingerprint density at radius 1 is 1.56 bits per heavy atom. The molecule has 0 spiro atoms. The van der Waals surface area contributed by atoms with Crippen LogP contribution in [0.2, 0.25) is 5.02 Å². The Balaban J connectivity index is 2.54. The fraction of sp³-hybridized carbons (Fsp3) is 0.462. The summed E-state index contributed by atoms with van der Waals surface area (Å²) in [4.78, 5) is 11.8. The summed E-state index contributed by atoms with van der Waals surface area (Å²) in [7, 11) is 1.58. The largest absolute Gasteiger partial charge is 0.385 e. The van der Waals surface area contributed by atoms with E-state index in [9.17, 15) is 4.79 Å². The minimum atomic E-state index is -0.549. The van der Waals surface area contributed by atoms with Crippen molar-refractivity contribution in [1.29, 1.82) is 0 Å². The lowest BCUT2D eigenvalue weighted by atomic mass is 10.1. The molecule has 0 aliphatic rings. The summed E-state index contributed by atoms with van der Waals surface area (Å²) in [5.41, 5.74) is 6.69. The first kappa shape index (κ1) is 15.0. The van der Waals surface area contributed by atoms with E-state index >= 15 is 0 Å². The number of methoxy groups -OCH3 is 1. The van der Waals surface area contributed by atoms with E-state index in [0.717, 1.165) is 5.56 Å². The summed E-state index contributed by atoms with van der Waals surface area (Å²) >= 11 is 5.90. The minimum Gasteiger partial charge on any atom is -0.385 e. The standard InChI is InChI=1S/C13H19ClN2O2/c1-9(10-4-3-5-11(14)8-10)16-13(17)12(15)6-7-18-2/h3-5,8-9,12H,6-7,15H2,1-2H3,(H,16,17)/t9-,12?/m0/s1. The summed E-state index contributed by atoms with van der Waals surface area (Å²) in [5, 5.41) is 3.50. The van der Waals surface area contributed by atoms with Crippen LogP contribution in [-0.4, -0.2) is 25.7 Å². The van der Waals surface area contributed by atoms with Crippen molar-refractivity contribution in [3.8, 4) is 0 Å². The van der Waals surface area contributed by atoms with Crippen LogP contribution in [0.3, 0.4) is 0 Å². The van der Waals surface area contributed by atoms with Crippen molar-refractivity contribution < 1.29 is 9.53 Å². The lowest BCUT2D eigenvalue weighted by molar-refractivity contribution is -0.123. The Labute approximate surface area is 112 Å². The van der Waals surface area contributed by atoms with Crippen molar-refractivity contribution in [2.45, 2.75) is 25.4 Å². The molecule has 0 saturated carbocycles. The highest BCUT2D eigenvalue weighted by Crippen LogP contribution is 2.17. The number of carbonyl (C=O) groups excluding carboxylic acids is 1. The molecular weight excluding hydrogens is 252 g/mol. The van der Waals surface area contributed by atoms with Gasteiger partial charge in [-0.25, -0.2) is 0 Å². The van der Waals surface area contributed by atoms with Gasteiger partial charge in [0, 0.05) is 18.7 Å². The van der Waals surface area contributed by atoms with Gasteiger partial charge in [-0.05, 0) is 31.0 Å². The maximum Gasteiger partial charge on any atom is 0.237 e. The Bertz CT molecular complexity index is 398. The first-order chi connectivity index (χ1) is 8.54. The Morgan fingerprint density at radius 3 is 2.89 bits per heavy atom. The highest BCUT2D eigenvalue weighted by Gasteiger charge is 2.16. The van der Waals surface area contributed by atoms with Gasteiger partial charge in [0.1, 0.15) is 0 Å². The van der Waals surface area contributed by atoms with Gasteiger partial charge < -0.3 is 15.8 Å². The molecule has 4 nitrogen and oxygen atoms in total. The summed E-state index contributed by atoms with van der Waals surface area (Å²) in [6, 6.07) is 6.72. The van der Waals surface area contributed by atoms with Crippen molar-refractivity contribution in [3.63, 3.8) is 0 Å². The second-order valence-corrected chi connectivity index (χ2v) is 4.61. The van der Waals surface area contributed by atoms with Gasteiger partial charge >= 0.3 is 0 Å². The van der Waals surface area contributed by atoms with Crippen molar-refractivity contribution in [3.05, 3.63) is 34.9 Å². The molecule has 100 valence electrons. The third kappa shape index (κ3) is 4.64. The molecule has 0 aromatic heterocycles. The third-order valence-corrected chi connectivity index (χ3v) is 2.91. The van der Waals surface area contributed by atoms with E-state index in [0.29, 0.717) is 18.1 Å². The van der Waals surface area contributed by atoms with Gasteiger partial charge in [-0.2, -0.15) is 0 Å². The fourth-order valence-electron chi connectivity index (χ4n) is 1.56. The number of carbonyl (C=O) groups is 1. The molecule has 2 atom stereocenters. The van der Waals surface area contributed by atoms with E-state index in [1.165, 1.54) is 0 Å². The summed E-state index contributed by atoms with van der Waals surface area (Å²) < 4.78 is 4.89. The van der Waals surface area contributed by atoms with E-state index < -0.39 is 6.04 Å². The van der Waals surface area contributed by atoms with Crippen LogP contribution in [-0.2, 0) is 9.53 Å². The number of hydrogen-bond acceptors (Lipinski definition) is 3. The minimum absolute atomic E-state index is 0.121. The topological polar surface area (TPSA) is 64.3 Å². The average Bonchev–Trinajstić information content (AvgIpc) is 2.35. The molecule has 0 bridgehead atoms. The van der Waals surface area contributed by atoms with Crippen LogP contribution in [0.1, 0.15) is 24.9 Å². The van der Waals surface area contributed by atoms with Gasteiger partial charge in [-0.15, -0.1) is 0 Å². The lowest BCUT2D eigenvalue weighted by Gasteiger charge is -2.18. The van der Waals surface area contributed by atoms with Crippen LogP contribution in [0.4, 0.5) is 0 Å². The van der Waals surface area contributed by atoms with E-state index in [2.05, 4.69) is 5.32 Å². The molecule has 18 heavy (non-hydrogen) atoms. The first-order valence-electron chi connectivity index (χ1n) is 5.85. The van der Waals surface area contributed by atoms with Crippen LogP contribution < -0.4 is 11.1 Å². The smallest absolute Gasteiger partial charge is 0.237 e. The average molecular weight is 271 g/mol. The SMILES string of the molecule is COCCC(N)C(=O)N[C@@H](C)c1cccc(Cl)c1. The van der Waals surface area contributed by atoms with E-state index in [1.54, 1.807) is 13.2 Å². The normalized spacial score (nSPS) is 14.0. The molecule has 1 rings (SSSR count). The fourth-order valence-corrected chi connectivity index (χ4v) is 1.75. The zero-order valence-corrected chi connectivity index (χ0v) is 11.4. The molecule has 3 N–H and O–H groups in total. The van der Waals surface area contributed by atoms with Gasteiger partial charge in [0.15, 0.2) is 0 Å². The van der Waals surface area contributed by atoms with Gasteiger partial charge in [-0.1, -0.05) is 23.7 Å². The number of amides is 1. The van der Waals surface area contributed by atoms with Gasteiger partial charge in [0.05, 0.1) is 12.1 Å². The Hall–Kier alpha value is -1.10. The predicted octanol–water partition coefficient (Wildman–Crippen LogP) is 1.88. The predicted molar refractivity (Wildman–Crippen MR) is 72.5 cm³/mol. The Kier molecular flexibility index (Phi) is 6.12. The lowest BCUT2D eigenvalue weighted by Crippen LogP contribution is -2.42. The van der Waals surface area contributed by atoms with Gasteiger partial charge in [0.2, 0.25) is 5.91 Å². The second-order valence-electron chi connectivity index (χ2n) is 4.17. The molecular formula is C13H19ClN2O2. The maximum absolute atomic E-state index is 11.8. The number of nitrogens with two attached hydrogens (primary N) is 1. The van der Waals surface area contributed by atoms with E-state index in [-0.39, 0.29) is 11.9 Å². The van der Waals surface area contributed by atoms with Crippen LogP contribution in [0, 0.1) is 0 Å². The van der Waals surface area contributed by atoms with Gasteiger partial charge in [-0.3, -0.25) is 4.79 Å². The van der Waals surface area contributed by atoms with Crippen molar-refractivity contribution in [2.75, 3.05) is 13.7 Å². The second kappa shape index (κ2) is 7.36. The highest BCUT2D eigenvalue weighted by molar-refractivity contribution is 6.30. The molecule has 0 aliphatic carbocycles. The van der Waals surface area contributed by atoms with Crippen LogP contribution in [0.25, 0.3) is 0 Å². The molecule has 5 heteroatoms. The van der Waals surface area contributed by atoms with E-state index in [1.807, 2.05) is 25.1 Å². The molecule has 0 radical (unpaired) electrons. The summed E-state index contributed by atoms with van der Waals surface area (Å²) in [6.07, 6.45) is 0.505. The molecule has 1 amide bonds. The zero-order valence-electron chi connectivity index (χ0n) is 10.7. The molecule has 1 aromatic rings. The van der Waals surface area contributed by atoms with Crippen molar-refractivity contribution >= 4 is 17.5 Å². The van der Waals surface area contributed by atoms with Crippen LogP contribution in [0.5, 0.6) is 0 Å². The van der Waals surface area contributed by atoms with Gasteiger partial charge in [0.25, 0.3) is 0 Å². The molecule has 0 fully saturated rings. The zero-order chi connectivity index (χ0) is 13.5. The molecule has 0 saturated heterocycles. The highest BCUT2D eigenvalue weighted by atomic mass is 35.5. The number of benzene rings is 1. The summed E-state index contributed by atoms with van der Waals surface area (Å²) in [6.45, 7) is 2.37. The number of nitrogens with one attached hydrogen (secondary N) is 1. The monoisotopic (exact) mass is 270 g/mol. The third-order valence-electron chi connectivity index (χ3n) is 2.68. The molecule has 0 aliphatic heterocycles. The summed E-state index contributed by atoms with van der Waals surface area (Å²) in [5.74, 6) is -0.181. The van der Waals surface area contributed by atoms with Crippen LogP contribution in [0.15, 0.2) is 24.3 Å². The number of ether oxygens (including phenoxy) is 1. The van der Waals surface area contributed by atoms with Crippen molar-refractivity contribution in [2.24, 2.45) is 5.73 Å². The molecule has 0 heterocycles. The maximum atomic E-state index is 11.8. The number of halogens is 1. The number of hydrogen-bond donors (Lipinski definition) is 2. The molecule has 1 unspecified atom stereocenters. The Morgan fingerprint density at radius 2 is 2.28 bits per heavy atom. The number of rotatable bonds is 6. The molecule has 1 aromatic carbocycles. The van der Waals surface area contributed by atoms with Crippen molar-refractivity contribution in [1.82, 2.24) is 5.32 Å². The van der Waals surface area contributed by atoms with Crippen LogP contribution >= 0.6 is 11.6 Å². The van der Waals surface area contributed by atoms with E-state index in [4.69, 9.17) is 22.1 Å². The first-order valence-corrected chi connectivity index (χ1v) is 6.22. The quantitative estimate of drug-likeness (QED) is 0.830.